The zero-order valence-electron chi connectivity index (χ0n) is 10.5. The number of hydrogen-bond donors (Lipinski definition) is 1. The van der Waals surface area contributed by atoms with Crippen LogP contribution >= 0.6 is 0 Å². The van der Waals surface area contributed by atoms with Gasteiger partial charge in [0.05, 0.1) is 0 Å². The summed E-state index contributed by atoms with van der Waals surface area (Å²) in [4.78, 5) is 0. The molecular formula is C14H20N2. The predicted molar refractivity (Wildman–Crippen MR) is 69.7 cm³/mol. The summed E-state index contributed by atoms with van der Waals surface area (Å²) in [5.41, 5.74) is 9.85. The molecule has 1 atom stereocenters. The smallest absolute Gasteiger partial charge is 0.0486 e. The molecule has 0 aliphatic rings. The fraction of sp³-hybridized carbons (Fsp3) is 0.429. The van der Waals surface area contributed by atoms with Crippen LogP contribution in [0.5, 0.6) is 0 Å². The maximum Gasteiger partial charge on any atom is 0.0486 e. The Labute approximate surface area is 97.1 Å². The van der Waals surface area contributed by atoms with Gasteiger partial charge in [0.1, 0.15) is 0 Å². The lowest BCUT2D eigenvalue weighted by molar-refractivity contribution is 0.618. The Hall–Kier alpha value is -1.28. The molecule has 2 heteroatoms. The fourth-order valence-corrected chi connectivity index (χ4v) is 2.19. The van der Waals surface area contributed by atoms with Gasteiger partial charge in [-0.3, -0.25) is 0 Å². The van der Waals surface area contributed by atoms with Gasteiger partial charge in [0.25, 0.3) is 0 Å². The van der Waals surface area contributed by atoms with E-state index >= 15 is 0 Å². The van der Waals surface area contributed by atoms with E-state index in [1.165, 1.54) is 22.0 Å². The number of aryl methyl sites for hydroxylation is 1. The number of nitrogens with two attached hydrogens (primary N) is 1. The lowest BCUT2D eigenvalue weighted by Crippen LogP contribution is -2.04. The minimum atomic E-state index is 0.0873. The highest BCUT2D eigenvalue weighted by atomic mass is 15.0. The van der Waals surface area contributed by atoms with E-state index in [0.29, 0.717) is 6.04 Å². The van der Waals surface area contributed by atoms with Crippen molar-refractivity contribution >= 4 is 10.9 Å². The topological polar surface area (TPSA) is 30.9 Å². The molecule has 16 heavy (non-hydrogen) atoms. The number of aromatic nitrogens is 1. The summed E-state index contributed by atoms with van der Waals surface area (Å²) < 4.78 is 2.30. The summed E-state index contributed by atoms with van der Waals surface area (Å²) in [5, 5.41) is 1.30. The Morgan fingerprint density at radius 1 is 1.19 bits per heavy atom. The first-order valence-electron chi connectivity index (χ1n) is 5.87. The first-order valence-corrected chi connectivity index (χ1v) is 5.87. The van der Waals surface area contributed by atoms with Crippen LogP contribution in [0.4, 0.5) is 0 Å². The normalized spacial score (nSPS) is 13.6. The monoisotopic (exact) mass is 216 g/mol. The third-order valence-corrected chi connectivity index (χ3v) is 3.07. The lowest BCUT2D eigenvalue weighted by atomic mass is 10.1. The molecule has 1 unspecified atom stereocenters. The Balaban J connectivity index is 2.76. The summed E-state index contributed by atoms with van der Waals surface area (Å²) in [7, 11) is 0. The SMILES string of the molecule is Cc1ccc2c(c1)c(C(C)N)cn2C(C)C. The number of hydrogen-bond acceptors (Lipinski definition) is 1. The van der Waals surface area contributed by atoms with Crippen molar-refractivity contribution in [3.8, 4) is 0 Å². The maximum absolute atomic E-state index is 6.03. The molecule has 2 rings (SSSR count). The molecule has 0 radical (unpaired) electrons. The maximum atomic E-state index is 6.03. The van der Waals surface area contributed by atoms with Gasteiger partial charge in [0.2, 0.25) is 0 Å². The molecule has 1 aromatic heterocycles. The van der Waals surface area contributed by atoms with E-state index in [1.807, 2.05) is 6.92 Å². The fourth-order valence-electron chi connectivity index (χ4n) is 2.19. The molecule has 0 saturated heterocycles. The molecule has 0 aliphatic heterocycles. The van der Waals surface area contributed by atoms with Crippen molar-refractivity contribution in [2.24, 2.45) is 5.73 Å². The van der Waals surface area contributed by atoms with Crippen molar-refractivity contribution in [3.05, 3.63) is 35.5 Å². The zero-order valence-corrected chi connectivity index (χ0v) is 10.5. The van der Waals surface area contributed by atoms with Crippen molar-refractivity contribution in [2.75, 3.05) is 0 Å². The van der Waals surface area contributed by atoms with Crippen molar-refractivity contribution in [2.45, 2.75) is 39.8 Å². The van der Waals surface area contributed by atoms with Gasteiger partial charge in [-0.2, -0.15) is 0 Å². The molecule has 2 aromatic rings. The molecular weight excluding hydrogens is 196 g/mol. The number of fused-ring (bicyclic) bond motifs is 1. The van der Waals surface area contributed by atoms with Crippen LogP contribution in [-0.2, 0) is 0 Å². The van der Waals surface area contributed by atoms with Crippen LogP contribution in [0.1, 0.15) is 44.0 Å². The highest BCUT2D eigenvalue weighted by Gasteiger charge is 2.12. The quantitative estimate of drug-likeness (QED) is 0.817. The first kappa shape index (κ1) is 11.2. The highest BCUT2D eigenvalue weighted by Crippen LogP contribution is 2.28. The Morgan fingerprint density at radius 2 is 1.88 bits per heavy atom. The summed E-state index contributed by atoms with van der Waals surface area (Å²) in [5.74, 6) is 0. The van der Waals surface area contributed by atoms with Gasteiger partial charge in [-0.25, -0.2) is 0 Å². The van der Waals surface area contributed by atoms with Crippen LogP contribution < -0.4 is 5.73 Å². The van der Waals surface area contributed by atoms with E-state index < -0.39 is 0 Å². The largest absolute Gasteiger partial charge is 0.345 e. The molecule has 0 bridgehead atoms. The summed E-state index contributed by atoms with van der Waals surface area (Å²) >= 11 is 0. The highest BCUT2D eigenvalue weighted by molar-refractivity contribution is 5.85. The first-order chi connectivity index (χ1) is 7.50. The lowest BCUT2D eigenvalue weighted by Gasteiger charge is -2.08. The third-order valence-electron chi connectivity index (χ3n) is 3.07. The van der Waals surface area contributed by atoms with Gasteiger partial charge in [0, 0.05) is 29.2 Å². The van der Waals surface area contributed by atoms with E-state index in [1.54, 1.807) is 0 Å². The van der Waals surface area contributed by atoms with Gasteiger partial charge < -0.3 is 10.3 Å². The van der Waals surface area contributed by atoms with E-state index in [4.69, 9.17) is 5.73 Å². The van der Waals surface area contributed by atoms with Gasteiger partial charge in [-0.05, 0) is 45.4 Å². The van der Waals surface area contributed by atoms with E-state index in [0.717, 1.165) is 0 Å². The van der Waals surface area contributed by atoms with Crippen LogP contribution in [0.15, 0.2) is 24.4 Å². The van der Waals surface area contributed by atoms with Crippen LogP contribution in [-0.4, -0.2) is 4.57 Å². The Kier molecular flexibility index (Phi) is 2.76. The van der Waals surface area contributed by atoms with Crippen molar-refractivity contribution < 1.29 is 0 Å². The van der Waals surface area contributed by atoms with E-state index in [9.17, 15) is 0 Å². The summed E-state index contributed by atoms with van der Waals surface area (Å²) in [6, 6.07) is 7.14. The van der Waals surface area contributed by atoms with E-state index in [2.05, 4.69) is 49.7 Å². The number of benzene rings is 1. The molecule has 0 amide bonds. The Morgan fingerprint density at radius 3 is 2.44 bits per heavy atom. The number of nitrogens with zero attached hydrogens (tertiary/aromatic N) is 1. The van der Waals surface area contributed by atoms with Crippen LogP contribution in [0, 0.1) is 6.92 Å². The third kappa shape index (κ3) is 1.74. The van der Waals surface area contributed by atoms with E-state index in [-0.39, 0.29) is 6.04 Å². The van der Waals surface area contributed by atoms with Gasteiger partial charge in [-0.15, -0.1) is 0 Å². The van der Waals surface area contributed by atoms with Gasteiger partial charge >= 0.3 is 0 Å². The summed E-state index contributed by atoms with van der Waals surface area (Å²) in [6.07, 6.45) is 2.19. The molecule has 0 fully saturated rings. The van der Waals surface area contributed by atoms with Crippen molar-refractivity contribution in [1.29, 1.82) is 0 Å². The minimum Gasteiger partial charge on any atom is -0.345 e. The molecule has 1 aromatic carbocycles. The average Bonchev–Trinajstić information content (AvgIpc) is 2.56. The predicted octanol–water partition coefficient (Wildman–Crippen LogP) is 3.55. The average molecular weight is 216 g/mol. The minimum absolute atomic E-state index is 0.0873. The summed E-state index contributed by atoms with van der Waals surface area (Å²) in [6.45, 7) is 8.56. The zero-order chi connectivity index (χ0) is 11.9. The molecule has 2 N–H and O–H groups in total. The second-order valence-corrected chi connectivity index (χ2v) is 4.89. The van der Waals surface area contributed by atoms with Crippen LogP contribution in [0.25, 0.3) is 10.9 Å². The van der Waals surface area contributed by atoms with Crippen LogP contribution in [0.3, 0.4) is 0 Å². The molecule has 0 saturated carbocycles. The standard InChI is InChI=1S/C14H20N2/c1-9(2)16-8-13(11(4)15)12-7-10(3)5-6-14(12)16/h5-9,11H,15H2,1-4H3. The van der Waals surface area contributed by atoms with Gasteiger partial charge in [-0.1, -0.05) is 11.6 Å². The van der Waals surface area contributed by atoms with Crippen molar-refractivity contribution in [1.82, 2.24) is 4.57 Å². The molecule has 1 heterocycles. The van der Waals surface area contributed by atoms with Crippen LogP contribution in [0.2, 0.25) is 0 Å². The second-order valence-electron chi connectivity index (χ2n) is 4.89. The molecule has 0 aliphatic carbocycles. The van der Waals surface area contributed by atoms with Crippen molar-refractivity contribution in [3.63, 3.8) is 0 Å². The van der Waals surface area contributed by atoms with Gasteiger partial charge in [0.15, 0.2) is 0 Å². The Bertz CT molecular complexity index is 507. The second kappa shape index (κ2) is 3.95. The number of rotatable bonds is 2. The molecule has 2 nitrogen and oxygen atoms in total. The molecule has 0 spiro atoms. The molecule has 86 valence electrons.